The minimum absolute atomic E-state index is 0.153. The van der Waals surface area contributed by atoms with Gasteiger partial charge >= 0.3 is 0 Å². The van der Waals surface area contributed by atoms with E-state index in [4.69, 9.17) is 11.6 Å². The number of nitrogens with zero attached hydrogens (tertiary/aromatic N) is 1. The van der Waals surface area contributed by atoms with Crippen molar-refractivity contribution < 1.29 is 14.0 Å². The quantitative estimate of drug-likeness (QED) is 0.650. The molecular formula is C23H18ClFN2O2. The number of fused-ring (bicyclic) bond motifs is 1. The molecule has 0 radical (unpaired) electrons. The molecule has 4 rings (SSSR count). The Morgan fingerprint density at radius 1 is 1.10 bits per heavy atom. The predicted octanol–water partition coefficient (Wildman–Crippen LogP) is 4.97. The zero-order valence-corrected chi connectivity index (χ0v) is 16.4. The van der Waals surface area contributed by atoms with Gasteiger partial charge in [-0.05, 0) is 42.8 Å². The summed E-state index contributed by atoms with van der Waals surface area (Å²) in [6, 6.07) is 17.8. The molecule has 1 aliphatic rings. The highest BCUT2D eigenvalue weighted by atomic mass is 35.5. The summed E-state index contributed by atoms with van der Waals surface area (Å²) in [7, 11) is 0. The fourth-order valence-corrected chi connectivity index (χ4v) is 3.83. The van der Waals surface area contributed by atoms with Gasteiger partial charge in [-0.1, -0.05) is 53.6 Å². The number of amides is 2. The van der Waals surface area contributed by atoms with E-state index < -0.39 is 6.04 Å². The van der Waals surface area contributed by atoms with Gasteiger partial charge in [0.05, 0.1) is 16.6 Å². The van der Waals surface area contributed by atoms with Crippen molar-refractivity contribution in [3.8, 4) is 0 Å². The lowest BCUT2D eigenvalue weighted by molar-refractivity contribution is -0.117. The van der Waals surface area contributed by atoms with E-state index in [1.54, 1.807) is 36.4 Å². The van der Waals surface area contributed by atoms with Gasteiger partial charge in [-0.25, -0.2) is 4.39 Å². The van der Waals surface area contributed by atoms with Gasteiger partial charge in [-0.2, -0.15) is 0 Å². The molecule has 0 aromatic heterocycles. The normalized spacial score (nSPS) is 16.0. The standard InChI is InChI=1S/C23H18ClFN2O2/c1-14-6-11-20-18(12-14)22(15-7-9-16(25)10-8-15)27(13-21(28)26-20)23(29)17-4-2-3-5-19(17)24/h2-12,22H,13H2,1H3,(H,26,28)/t22-/m1/s1. The molecule has 1 N–H and O–H groups in total. The van der Waals surface area contributed by atoms with Crippen LogP contribution in [0.4, 0.5) is 10.1 Å². The summed E-state index contributed by atoms with van der Waals surface area (Å²) >= 11 is 6.26. The average Bonchev–Trinajstić information content (AvgIpc) is 2.84. The largest absolute Gasteiger partial charge is 0.324 e. The lowest BCUT2D eigenvalue weighted by Crippen LogP contribution is -2.39. The number of hydrogen-bond donors (Lipinski definition) is 1. The van der Waals surface area contributed by atoms with Gasteiger partial charge in [-0.15, -0.1) is 0 Å². The lowest BCUT2D eigenvalue weighted by Gasteiger charge is -2.31. The molecule has 6 heteroatoms. The summed E-state index contributed by atoms with van der Waals surface area (Å²) in [5.41, 5.74) is 3.39. The second-order valence-electron chi connectivity index (χ2n) is 7.01. The highest BCUT2D eigenvalue weighted by Gasteiger charge is 2.34. The SMILES string of the molecule is Cc1ccc2c(c1)[C@@H](c1ccc(F)cc1)N(C(=O)c1ccccc1Cl)CC(=O)N2. The van der Waals surface area contributed by atoms with Crippen molar-refractivity contribution in [3.05, 3.63) is 99.8 Å². The number of rotatable bonds is 2. The zero-order valence-electron chi connectivity index (χ0n) is 15.7. The highest BCUT2D eigenvalue weighted by Crippen LogP contribution is 2.37. The van der Waals surface area contributed by atoms with Crippen molar-refractivity contribution >= 4 is 29.1 Å². The number of aryl methyl sites for hydroxylation is 1. The summed E-state index contributed by atoms with van der Waals surface area (Å²) in [6.07, 6.45) is 0. The first-order valence-electron chi connectivity index (χ1n) is 9.15. The Balaban J connectivity index is 1.91. The lowest BCUT2D eigenvalue weighted by atomic mass is 9.94. The summed E-state index contributed by atoms with van der Waals surface area (Å²) in [5, 5.41) is 3.18. The number of anilines is 1. The Hall–Kier alpha value is -3.18. The second kappa shape index (κ2) is 7.68. The molecule has 1 atom stereocenters. The predicted molar refractivity (Wildman–Crippen MR) is 111 cm³/mol. The maximum absolute atomic E-state index is 13.6. The minimum atomic E-state index is -0.576. The van der Waals surface area contributed by atoms with Crippen LogP contribution < -0.4 is 5.32 Å². The molecule has 4 nitrogen and oxygen atoms in total. The van der Waals surface area contributed by atoms with Crippen molar-refractivity contribution in [1.82, 2.24) is 4.90 Å². The van der Waals surface area contributed by atoms with Gasteiger partial charge in [0.1, 0.15) is 12.4 Å². The molecule has 0 spiro atoms. The van der Waals surface area contributed by atoms with E-state index in [1.165, 1.54) is 17.0 Å². The number of carbonyl (C=O) groups is 2. The first-order valence-corrected chi connectivity index (χ1v) is 9.53. The first kappa shape index (κ1) is 19.2. The molecule has 0 saturated heterocycles. The Labute approximate surface area is 172 Å². The average molecular weight is 409 g/mol. The van der Waals surface area contributed by atoms with Crippen LogP contribution in [-0.2, 0) is 4.79 Å². The fraction of sp³-hybridized carbons (Fsp3) is 0.130. The van der Waals surface area contributed by atoms with Crippen LogP contribution in [0, 0.1) is 12.7 Å². The molecule has 3 aromatic rings. The van der Waals surface area contributed by atoms with Crippen LogP contribution in [0.5, 0.6) is 0 Å². The molecule has 1 aliphatic heterocycles. The summed E-state index contributed by atoms with van der Waals surface area (Å²) in [5.74, 6) is -1.04. The minimum Gasteiger partial charge on any atom is -0.324 e. The summed E-state index contributed by atoms with van der Waals surface area (Å²) < 4.78 is 13.6. The van der Waals surface area contributed by atoms with Crippen molar-refractivity contribution in [2.24, 2.45) is 0 Å². The smallest absolute Gasteiger partial charge is 0.256 e. The van der Waals surface area contributed by atoms with Gasteiger partial charge in [0.2, 0.25) is 5.91 Å². The van der Waals surface area contributed by atoms with Gasteiger partial charge in [-0.3, -0.25) is 9.59 Å². The Morgan fingerprint density at radius 2 is 1.83 bits per heavy atom. The topological polar surface area (TPSA) is 49.4 Å². The molecular weight excluding hydrogens is 391 g/mol. The molecule has 146 valence electrons. The molecule has 0 saturated carbocycles. The summed E-state index contributed by atoms with van der Waals surface area (Å²) in [6.45, 7) is 1.79. The van der Waals surface area contributed by atoms with Gasteiger partial charge in [0.15, 0.2) is 0 Å². The van der Waals surface area contributed by atoms with Crippen LogP contribution in [0.3, 0.4) is 0 Å². The van der Waals surface area contributed by atoms with Crippen LogP contribution in [0.15, 0.2) is 66.7 Å². The monoisotopic (exact) mass is 408 g/mol. The summed E-state index contributed by atoms with van der Waals surface area (Å²) in [4.78, 5) is 27.5. The molecule has 2 amide bonds. The second-order valence-corrected chi connectivity index (χ2v) is 7.41. The molecule has 0 fully saturated rings. The van der Waals surface area contributed by atoms with Crippen molar-refractivity contribution in [2.45, 2.75) is 13.0 Å². The van der Waals surface area contributed by atoms with Gasteiger partial charge in [0, 0.05) is 11.3 Å². The van der Waals surface area contributed by atoms with E-state index >= 15 is 0 Å². The van der Waals surface area contributed by atoms with Crippen LogP contribution in [0.2, 0.25) is 5.02 Å². The Morgan fingerprint density at radius 3 is 2.55 bits per heavy atom. The zero-order chi connectivity index (χ0) is 20.5. The molecule has 0 unspecified atom stereocenters. The number of hydrogen-bond acceptors (Lipinski definition) is 2. The molecule has 0 aliphatic carbocycles. The van der Waals surface area contributed by atoms with Crippen LogP contribution in [-0.4, -0.2) is 23.3 Å². The Kier molecular flexibility index (Phi) is 5.07. The number of carbonyl (C=O) groups excluding carboxylic acids is 2. The van der Waals surface area contributed by atoms with E-state index in [1.807, 2.05) is 25.1 Å². The van der Waals surface area contributed by atoms with E-state index in [0.717, 1.165) is 11.1 Å². The van der Waals surface area contributed by atoms with Crippen molar-refractivity contribution in [1.29, 1.82) is 0 Å². The third-order valence-electron chi connectivity index (χ3n) is 4.95. The van der Waals surface area contributed by atoms with E-state index in [-0.39, 0.29) is 24.2 Å². The third-order valence-corrected chi connectivity index (χ3v) is 5.28. The van der Waals surface area contributed by atoms with Crippen LogP contribution in [0.1, 0.15) is 33.1 Å². The molecule has 1 heterocycles. The molecule has 0 bridgehead atoms. The van der Waals surface area contributed by atoms with E-state index in [0.29, 0.717) is 21.8 Å². The maximum atomic E-state index is 13.6. The highest BCUT2D eigenvalue weighted by molar-refractivity contribution is 6.33. The van der Waals surface area contributed by atoms with Gasteiger partial charge in [0.25, 0.3) is 5.91 Å². The van der Waals surface area contributed by atoms with Gasteiger partial charge < -0.3 is 10.2 Å². The third kappa shape index (κ3) is 3.74. The number of benzene rings is 3. The van der Waals surface area contributed by atoms with E-state index in [9.17, 15) is 14.0 Å². The Bertz CT molecular complexity index is 1100. The molecule has 3 aromatic carbocycles. The van der Waals surface area contributed by atoms with Crippen molar-refractivity contribution in [3.63, 3.8) is 0 Å². The van der Waals surface area contributed by atoms with Crippen LogP contribution in [0.25, 0.3) is 0 Å². The van der Waals surface area contributed by atoms with Crippen molar-refractivity contribution in [2.75, 3.05) is 11.9 Å². The molecule has 29 heavy (non-hydrogen) atoms. The number of halogens is 2. The first-order chi connectivity index (χ1) is 13.9. The number of nitrogens with one attached hydrogen (secondary N) is 1. The fourth-order valence-electron chi connectivity index (χ4n) is 3.61. The maximum Gasteiger partial charge on any atom is 0.256 e. The van der Waals surface area contributed by atoms with E-state index in [2.05, 4.69) is 5.32 Å². The van der Waals surface area contributed by atoms with Crippen LogP contribution >= 0.6 is 11.6 Å².